The van der Waals surface area contributed by atoms with Gasteiger partial charge in [0.25, 0.3) is 0 Å². The first-order valence-corrected chi connectivity index (χ1v) is 6.92. The fourth-order valence-corrected chi connectivity index (χ4v) is 2.35. The number of aromatic nitrogens is 1. The largest absolute Gasteiger partial charge is 0.314 e. The van der Waals surface area contributed by atoms with Crippen molar-refractivity contribution in [1.82, 2.24) is 10.3 Å². The summed E-state index contributed by atoms with van der Waals surface area (Å²) in [6.45, 7) is 5.39. The maximum absolute atomic E-state index is 4.48. The molecule has 2 nitrogen and oxygen atoms in total. The van der Waals surface area contributed by atoms with E-state index < -0.39 is 0 Å². The topological polar surface area (TPSA) is 24.9 Å². The number of aryl methyl sites for hydroxylation is 1. The summed E-state index contributed by atoms with van der Waals surface area (Å²) in [4.78, 5) is 4.48. The number of hydrogen-bond acceptors (Lipinski definition) is 3. The van der Waals surface area contributed by atoms with Gasteiger partial charge in [-0.3, -0.25) is 0 Å². The Morgan fingerprint density at radius 1 is 1.62 bits per heavy atom. The van der Waals surface area contributed by atoms with Crippen LogP contribution in [0.15, 0.2) is 17.0 Å². The summed E-state index contributed by atoms with van der Waals surface area (Å²) < 4.78 is 0. The zero-order chi connectivity index (χ0) is 11.4. The average molecular weight is 236 g/mol. The summed E-state index contributed by atoms with van der Waals surface area (Å²) in [6, 6.07) is 0.829. The van der Waals surface area contributed by atoms with Gasteiger partial charge >= 0.3 is 0 Å². The minimum absolute atomic E-state index is 0.829. The molecule has 1 aliphatic carbocycles. The van der Waals surface area contributed by atoms with Crippen LogP contribution in [0.5, 0.6) is 0 Å². The molecular formula is C13H20N2S. The van der Waals surface area contributed by atoms with E-state index in [1.807, 2.05) is 0 Å². The smallest absolute Gasteiger partial charge is 0.0897 e. The number of thiazole rings is 1. The second kappa shape index (κ2) is 5.60. The average Bonchev–Trinajstić information content (AvgIpc) is 2.98. The maximum Gasteiger partial charge on any atom is 0.0897 e. The first-order chi connectivity index (χ1) is 7.74. The van der Waals surface area contributed by atoms with Crippen LogP contribution in [-0.4, -0.2) is 17.6 Å². The molecule has 0 spiro atoms. The van der Waals surface area contributed by atoms with Gasteiger partial charge in [-0.2, -0.15) is 0 Å². The van der Waals surface area contributed by atoms with Crippen LogP contribution in [0.4, 0.5) is 0 Å². The summed E-state index contributed by atoms with van der Waals surface area (Å²) in [6.07, 6.45) is 7.24. The molecule has 0 unspecified atom stereocenters. The van der Waals surface area contributed by atoms with Gasteiger partial charge in [-0.25, -0.2) is 4.98 Å². The van der Waals surface area contributed by atoms with Crippen LogP contribution in [0, 0.1) is 6.92 Å². The third-order valence-electron chi connectivity index (χ3n) is 2.77. The van der Waals surface area contributed by atoms with Crippen molar-refractivity contribution in [1.29, 1.82) is 0 Å². The molecule has 1 saturated carbocycles. The van der Waals surface area contributed by atoms with Crippen molar-refractivity contribution in [3.63, 3.8) is 0 Å². The highest BCUT2D eigenvalue weighted by molar-refractivity contribution is 7.09. The van der Waals surface area contributed by atoms with E-state index in [1.165, 1.54) is 29.1 Å². The Balaban J connectivity index is 1.69. The van der Waals surface area contributed by atoms with Crippen LogP contribution in [0.1, 0.15) is 36.9 Å². The molecule has 1 heterocycles. The molecule has 0 aromatic carbocycles. The third-order valence-corrected chi connectivity index (χ3v) is 3.60. The molecule has 0 radical (unpaired) electrons. The van der Waals surface area contributed by atoms with Crippen LogP contribution in [0.2, 0.25) is 0 Å². The van der Waals surface area contributed by atoms with Gasteiger partial charge < -0.3 is 5.32 Å². The zero-order valence-electron chi connectivity index (χ0n) is 10.1. The third kappa shape index (κ3) is 4.06. The van der Waals surface area contributed by atoms with Gasteiger partial charge in [-0.05, 0) is 39.7 Å². The molecule has 16 heavy (non-hydrogen) atoms. The van der Waals surface area contributed by atoms with E-state index in [9.17, 15) is 0 Å². The lowest BCUT2D eigenvalue weighted by Crippen LogP contribution is -2.16. The fraction of sp³-hybridized carbons (Fsp3) is 0.615. The van der Waals surface area contributed by atoms with Crippen molar-refractivity contribution >= 4 is 11.3 Å². The summed E-state index contributed by atoms with van der Waals surface area (Å²) in [7, 11) is 0. The molecule has 0 amide bonds. The minimum atomic E-state index is 0.829. The van der Waals surface area contributed by atoms with Gasteiger partial charge in [0.15, 0.2) is 0 Å². The van der Waals surface area contributed by atoms with E-state index in [4.69, 9.17) is 0 Å². The van der Waals surface area contributed by atoms with Crippen molar-refractivity contribution in [3.05, 3.63) is 27.7 Å². The van der Waals surface area contributed by atoms with Gasteiger partial charge in [0.05, 0.1) is 10.7 Å². The molecule has 1 fully saturated rings. The minimum Gasteiger partial charge on any atom is -0.314 e. The standard InChI is InChI=1S/C13H20N2S/c1-10(4-3-7-14-12-5-6-12)8-13-9-16-11(2)15-13/h4,9,12,14H,3,5-8H2,1-2H3. The predicted octanol–water partition coefficient (Wildman–Crippen LogP) is 3.08. The van der Waals surface area contributed by atoms with Crippen LogP contribution < -0.4 is 5.32 Å². The van der Waals surface area contributed by atoms with Crippen molar-refractivity contribution in [2.45, 2.75) is 45.6 Å². The zero-order valence-corrected chi connectivity index (χ0v) is 10.9. The quantitative estimate of drug-likeness (QED) is 0.606. The van der Waals surface area contributed by atoms with Gasteiger partial charge in [0, 0.05) is 17.8 Å². The molecule has 1 N–H and O–H groups in total. The van der Waals surface area contributed by atoms with Crippen molar-refractivity contribution in [2.24, 2.45) is 0 Å². The molecule has 0 saturated heterocycles. The van der Waals surface area contributed by atoms with E-state index in [1.54, 1.807) is 11.3 Å². The highest BCUT2D eigenvalue weighted by Crippen LogP contribution is 2.18. The maximum atomic E-state index is 4.48. The van der Waals surface area contributed by atoms with Gasteiger partial charge in [0.2, 0.25) is 0 Å². The molecule has 1 aliphatic rings. The Labute approximate surface area is 102 Å². The summed E-state index contributed by atoms with van der Waals surface area (Å²) in [5.41, 5.74) is 2.65. The molecule has 0 atom stereocenters. The molecule has 0 bridgehead atoms. The highest BCUT2D eigenvalue weighted by Gasteiger charge is 2.19. The number of rotatable bonds is 6. The number of allylic oxidation sites excluding steroid dienone is 1. The number of nitrogens with zero attached hydrogens (tertiary/aromatic N) is 1. The van der Waals surface area contributed by atoms with E-state index >= 15 is 0 Å². The Morgan fingerprint density at radius 3 is 3.06 bits per heavy atom. The SMILES string of the molecule is CC(=CCCNC1CC1)Cc1csc(C)n1. The van der Waals surface area contributed by atoms with Crippen LogP contribution in [0.25, 0.3) is 0 Å². The highest BCUT2D eigenvalue weighted by atomic mass is 32.1. The predicted molar refractivity (Wildman–Crippen MR) is 70.0 cm³/mol. The monoisotopic (exact) mass is 236 g/mol. The lowest BCUT2D eigenvalue weighted by Gasteiger charge is -2.00. The molecule has 1 aromatic rings. The lowest BCUT2D eigenvalue weighted by molar-refractivity contribution is 0.688. The second-order valence-corrected chi connectivity index (χ2v) is 5.66. The normalized spacial score (nSPS) is 16.8. The van der Waals surface area contributed by atoms with Crippen LogP contribution in [0.3, 0.4) is 0 Å². The second-order valence-electron chi connectivity index (χ2n) is 4.60. The van der Waals surface area contributed by atoms with Crippen molar-refractivity contribution in [2.75, 3.05) is 6.54 Å². The Kier molecular flexibility index (Phi) is 4.13. The Morgan fingerprint density at radius 2 is 2.44 bits per heavy atom. The first kappa shape index (κ1) is 11.8. The van der Waals surface area contributed by atoms with E-state index in [0.29, 0.717) is 0 Å². The molecule has 88 valence electrons. The van der Waals surface area contributed by atoms with Crippen LogP contribution in [-0.2, 0) is 6.42 Å². The number of hydrogen-bond donors (Lipinski definition) is 1. The Hall–Kier alpha value is -0.670. The molecule has 1 aromatic heterocycles. The van der Waals surface area contributed by atoms with Gasteiger partial charge in [0.1, 0.15) is 0 Å². The van der Waals surface area contributed by atoms with E-state index in [2.05, 4.69) is 35.6 Å². The molecule has 2 rings (SSSR count). The summed E-state index contributed by atoms with van der Waals surface area (Å²) in [5, 5.41) is 6.85. The molecular weight excluding hydrogens is 216 g/mol. The van der Waals surface area contributed by atoms with Crippen LogP contribution >= 0.6 is 11.3 Å². The summed E-state index contributed by atoms with van der Waals surface area (Å²) >= 11 is 1.74. The van der Waals surface area contributed by atoms with Crippen molar-refractivity contribution < 1.29 is 0 Å². The summed E-state index contributed by atoms with van der Waals surface area (Å²) in [5.74, 6) is 0. The van der Waals surface area contributed by atoms with Crippen molar-refractivity contribution in [3.8, 4) is 0 Å². The van der Waals surface area contributed by atoms with E-state index in [-0.39, 0.29) is 0 Å². The molecule has 0 aliphatic heterocycles. The first-order valence-electron chi connectivity index (χ1n) is 6.04. The number of nitrogens with one attached hydrogen (secondary N) is 1. The Bertz CT molecular complexity index is 364. The fourth-order valence-electron chi connectivity index (χ4n) is 1.74. The van der Waals surface area contributed by atoms with Gasteiger partial charge in [-0.15, -0.1) is 11.3 Å². The van der Waals surface area contributed by atoms with Gasteiger partial charge in [-0.1, -0.05) is 11.6 Å². The lowest BCUT2D eigenvalue weighted by atomic mass is 10.1. The van der Waals surface area contributed by atoms with E-state index in [0.717, 1.165) is 25.4 Å². The molecule has 3 heteroatoms.